The first-order chi connectivity index (χ1) is 16.2. The van der Waals surface area contributed by atoms with Crippen LogP contribution in [0.3, 0.4) is 0 Å². The number of anilines is 1. The molecule has 0 bridgehead atoms. The predicted molar refractivity (Wildman–Crippen MR) is 121 cm³/mol. The Hall–Kier alpha value is -3.73. The summed E-state index contributed by atoms with van der Waals surface area (Å²) < 4.78 is 47.6. The van der Waals surface area contributed by atoms with Crippen LogP contribution in [0.4, 0.5) is 18.9 Å². The number of para-hydroxylation sites is 1. The van der Waals surface area contributed by atoms with Crippen LogP contribution in [-0.2, 0) is 11.3 Å². The largest absolute Gasteiger partial charge is 0.573 e. The summed E-state index contributed by atoms with van der Waals surface area (Å²) in [6.07, 6.45) is -3.29. The smallest absolute Gasteiger partial charge is 0.467 e. The number of alkyl halides is 3. The molecular weight excluding hydrogens is 471 g/mol. The number of hydrogen-bond acceptors (Lipinski definition) is 6. The van der Waals surface area contributed by atoms with Gasteiger partial charge >= 0.3 is 6.36 Å². The van der Waals surface area contributed by atoms with Gasteiger partial charge in [0.1, 0.15) is 11.5 Å². The van der Waals surface area contributed by atoms with Gasteiger partial charge < -0.3 is 14.5 Å². The molecule has 2 aromatic carbocycles. The molecule has 0 fully saturated rings. The number of benzene rings is 2. The Kier molecular flexibility index (Phi) is 6.64. The van der Waals surface area contributed by atoms with Crippen molar-refractivity contribution in [1.29, 1.82) is 0 Å². The number of thioether (sulfide) groups is 1. The van der Waals surface area contributed by atoms with E-state index in [1.807, 2.05) is 0 Å². The van der Waals surface area contributed by atoms with Crippen molar-refractivity contribution in [2.75, 3.05) is 5.32 Å². The molecule has 0 aliphatic heterocycles. The van der Waals surface area contributed by atoms with E-state index in [0.717, 1.165) is 23.9 Å². The van der Waals surface area contributed by atoms with Crippen LogP contribution < -0.4 is 15.6 Å². The minimum absolute atomic E-state index is 0.140. The van der Waals surface area contributed by atoms with Gasteiger partial charge in [-0.15, -0.1) is 13.2 Å². The molecule has 7 nitrogen and oxygen atoms in total. The van der Waals surface area contributed by atoms with Gasteiger partial charge in [-0.25, -0.2) is 4.98 Å². The first-order valence-corrected chi connectivity index (χ1v) is 10.9. The Morgan fingerprint density at radius 1 is 1.15 bits per heavy atom. The summed E-state index contributed by atoms with van der Waals surface area (Å²) in [4.78, 5) is 30.4. The molecule has 4 aromatic rings. The topological polar surface area (TPSA) is 86.4 Å². The van der Waals surface area contributed by atoms with Crippen molar-refractivity contribution < 1.29 is 27.1 Å². The molecular formula is C23H18F3N3O4S. The molecule has 4 rings (SSSR count). The molecule has 0 saturated heterocycles. The Labute approximate surface area is 195 Å². The monoisotopic (exact) mass is 489 g/mol. The molecule has 2 aromatic heterocycles. The normalized spacial score (nSPS) is 12.5. The second-order valence-corrected chi connectivity index (χ2v) is 8.51. The molecule has 0 aliphatic rings. The number of amides is 1. The summed E-state index contributed by atoms with van der Waals surface area (Å²) in [7, 11) is 0. The van der Waals surface area contributed by atoms with Gasteiger partial charge in [0.05, 0.1) is 29.0 Å². The number of hydrogen-bond donors (Lipinski definition) is 1. The molecule has 1 unspecified atom stereocenters. The number of halogens is 3. The zero-order chi connectivity index (χ0) is 24.3. The van der Waals surface area contributed by atoms with Crippen LogP contribution in [0.25, 0.3) is 10.9 Å². The average Bonchev–Trinajstić information content (AvgIpc) is 3.30. The first-order valence-electron chi connectivity index (χ1n) is 10.0. The molecule has 11 heteroatoms. The number of carbonyl (C=O) groups is 1. The Bertz CT molecular complexity index is 1350. The Morgan fingerprint density at radius 3 is 2.56 bits per heavy atom. The standard InChI is InChI=1S/C23H18F3N3O4S/c1-14(20(30)27-15-8-10-16(11-9-15)33-23(24,25)26)34-22-28-19-7-3-2-6-18(19)21(31)29(22)13-17-5-4-12-32-17/h2-12,14H,13H2,1H3,(H,27,30). The first kappa shape index (κ1) is 23.4. The third-order valence-corrected chi connectivity index (χ3v) is 5.82. The highest BCUT2D eigenvalue weighted by Crippen LogP contribution is 2.26. The van der Waals surface area contributed by atoms with E-state index in [2.05, 4.69) is 15.0 Å². The summed E-state index contributed by atoms with van der Waals surface area (Å²) in [5, 5.41) is 2.73. The number of furan rings is 1. The SMILES string of the molecule is CC(Sc1nc2ccccc2c(=O)n1Cc1ccco1)C(=O)Nc1ccc(OC(F)(F)F)cc1. The molecule has 0 saturated carbocycles. The summed E-state index contributed by atoms with van der Waals surface area (Å²) in [5.41, 5.74) is 0.530. The van der Waals surface area contributed by atoms with Crippen molar-refractivity contribution >= 4 is 34.3 Å². The molecule has 1 N–H and O–H groups in total. The fourth-order valence-electron chi connectivity index (χ4n) is 3.13. The summed E-state index contributed by atoms with van der Waals surface area (Å²) in [6, 6.07) is 15.2. The molecule has 0 radical (unpaired) electrons. The van der Waals surface area contributed by atoms with Crippen molar-refractivity contribution in [3.63, 3.8) is 0 Å². The van der Waals surface area contributed by atoms with Crippen molar-refractivity contribution in [2.24, 2.45) is 0 Å². The van der Waals surface area contributed by atoms with E-state index in [4.69, 9.17) is 4.42 Å². The number of ether oxygens (including phenoxy) is 1. The van der Waals surface area contributed by atoms with E-state index >= 15 is 0 Å². The van der Waals surface area contributed by atoms with Gasteiger partial charge in [0.25, 0.3) is 5.56 Å². The van der Waals surface area contributed by atoms with Gasteiger partial charge in [0.2, 0.25) is 5.91 Å². The van der Waals surface area contributed by atoms with E-state index in [1.54, 1.807) is 43.3 Å². The minimum Gasteiger partial charge on any atom is -0.467 e. The molecule has 2 heterocycles. The minimum atomic E-state index is -4.80. The van der Waals surface area contributed by atoms with Gasteiger partial charge in [0, 0.05) is 5.69 Å². The molecule has 176 valence electrons. The average molecular weight is 489 g/mol. The number of aromatic nitrogens is 2. The van der Waals surface area contributed by atoms with Crippen molar-refractivity contribution in [1.82, 2.24) is 9.55 Å². The summed E-state index contributed by atoms with van der Waals surface area (Å²) >= 11 is 1.08. The second kappa shape index (κ2) is 9.64. The van der Waals surface area contributed by atoms with E-state index in [9.17, 15) is 22.8 Å². The maximum atomic E-state index is 13.1. The van der Waals surface area contributed by atoms with E-state index in [0.29, 0.717) is 27.5 Å². The van der Waals surface area contributed by atoms with E-state index in [1.165, 1.54) is 23.0 Å². The van der Waals surface area contributed by atoms with Crippen LogP contribution in [0.1, 0.15) is 12.7 Å². The van der Waals surface area contributed by atoms with Crippen molar-refractivity contribution in [3.05, 3.63) is 83.0 Å². The second-order valence-electron chi connectivity index (χ2n) is 7.20. The highest BCUT2D eigenvalue weighted by atomic mass is 32.2. The zero-order valence-corrected chi connectivity index (χ0v) is 18.5. The Balaban J connectivity index is 1.54. The van der Waals surface area contributed by atoms with Gasteiger partial charge in [-0.05, 0) is 55.5 Å². The van der Waals surface area contributed by atoms with Gasteiger partial charge in [-0.1, -0.05) is 23.9 Å². The third-order valence-electron chi connectivity index (χ3n) is 4.73. The Morgan fingerprint density at radius 2 is 1.88 bits per heavy atom. The van der Waals surface area contributed by atoms with Crippen LogP contribution in [0.2, 0.25) is 0 Å². The lowest BCUT2D eigenvalue weighted by Gasteiger charge is -2.16. The van der Waals surface area contributed by atoms with Crippen LogP contribution in [0.15, 0.2) is 81.3 Å². The molecule has 34 heavy (non-hydrogen) atoms. The van der Waals surface area contributed by atoms with Gasteiger partial charge in [0.15, 0.2) is 5.16 Å². The molecule has 0 aliphatic carbocycles. The third kappa shape index (κ3) is 5.60. The number of carbonyl (C=O) groups excluding carboxylic acids is 1. The maximum absolute atomic E-state index is 13.1. The van der Waals surface area contributed by atoms with Crippen molar-refractivity contribution in [3.8, 4) is 5.75 Å². The quantitative estimate of drug-likeness (QED) is 0.289. The molecule has 1 atom stereocenters. The summed E-state index contributed by atoms with van der Waals surface area (Å²) in [5.74, 6) is -0.254. The van der Waals surface area contributed by atoms with E-state index < -0.39 is 23.3 Å². The lowest BCUT2D eigenvalue weighted by Crippen LogP contribution is -2.27. The zero-order valence-electron chi connectivity index (χ0n) is 17.7. The van der Waals surface area contributed by atoms with Gasteiger partial charge in [-0.2, -0.15) is 0 Å². The molecule has 1 amide bonds. The predicted octanol–water partition coefficient (Wildman–Crippen LogP) is 5.06. The highest BCUT2D eigenvalue weighted by Gasteiger charge is 2.31. The lowest BCUT2D eigenvalue weighted by atomic mass is 10.2. The van der Waals surface area contributed by atoms with Crippen LogP contribution in [0, 0.1) is 0 Å². The molecule has 0 spiro atoms. The number of rotatable bonds is 7. The highest BCUT2D eigenvalue weighted by molar-refractivity contribution is 8.00. The van der Waals surface area contributed by atoms with E-state index in [-0.39, 0.29) is 12.1 Å². The van der Waals surface area contributed by atoms with Crippen LogP contribution in [-0.4, -0.2) is 27.1 Å². The fourth-order valence-corrected chi connectivity index (χ4v) is 4.04. The number of fused-ring (bicyclic) bond motifs is 1. The number of nitrogens with one attached hydrogen (secondary N) is 1. The van der Waals surface area contributed by atoms with Gasteiger partial charge in [-0.3, -0.25) is 14.2 Å². The summed E-state index contributed by atoms with van der Waals surface area (Å²) in [6.45, 7) is 1.78. The van der Waals surface area contributed by atoms with Crippen LogP contribution >= 0.6 is 11.8 Å². The lowest BCUT2D eigenvalue weighted by molar-refractivity contribution is -0.274. The number of nitrogens with zero attached hydrogens (tertiary/aromatic N) is 2. The van der Waals surface area contributed by atoms with Crippen LogP contribution in [0.5, 0.6) is 5.75 Å². The maximum Gasteiger partial charge on any atom is 0.573 e. The fraction of sp³-hybridized carbons (Fsp3) is 0.174. The van der Waals surface area contributed by atoms with Crippen molar-refractivity contribution in [2.45, 2.75) is 30.2 Å².